The highest BCUT2D eigenvalue weighted by Gasteiger charge is 2.32. The molecule has 4 N–H and O–H groups in total. The summed E-state index contributed by atoms with van der Waals surface area (Å²) in [6.45, 7) is 6.90. The third-order valence-electron chi connectivity index (χ3n) is 4.05. The summed E-state index contributed by atoms with van der Waals surface area (Å²) in [6, 6.07) is 8.10. The van der Waals surface area contributed by atoms with Gasteiger partial charge in [0.1, 0.15) is 0 Å². The number of ether oxygens (including phenoxy) is 1. The molecule has 140 valence electrons. The van der Waals surface area contributed by atoms with Gasteiger partial charge in [-0.05, 0) is 49.3 Å². The lowest BCUT2D eigenvalue weighted by molar-refractivity contribution is 0.147. The van der Waals surface area contributed by atoms with E-state index in [1.807, 2.05) is 12.1 Å². The lowest BCUT2D eigenvalue weighted by atomic mass is 10.0. The van der Waals surface area contributed by atoms with Crippen LogP contribution in [0.3, 0.4) is 0 Å². The molecule has 1 aliphatic rings. The zero-order valence-corrected chi connectivity index (χ0v) is 17.4. The Labute approximate surface area is 167 Å². The van der Waals surface area contributed by atoms with Crippen LogP contribution in [0.4, 0.5) is 10.5 Å². The molecule has 2 rings (SSSR count). The van der Waals surface area contributed by atoms with Gasteiger partial charge < -0.3 is 21.1 Å². The molecule has 1 amide bonds. The Balaban J connectivity index is 0.00000312. The van der Waals surface area contributed by atoms with Gasteiger partial charge in [-0.25, -0.2) is 4.79 Å². The number of halogens is 1. The fraction of sp³-hybridized carbons (Fsp3) is 0.556. The molecule has 0 saturated heterocycles. The van der Waals surface area contributed by atoms with E-state index in [9.17, 15) is 4.79 Å². The lowest BCUT2D eigenvalue weighted by Crippen LogP contribution is -2.39. The van der Waals surface area contributed by atoms with Gasteiger partial charge in [-0.3, -0.25) is 4.99 Å². The second kappa shape index (κ2) is 10.5. The fourth-order valence-corrected chi connectivity index (χ4v) is 2.49. The molecule has 0 aromatic heterocycles. The average Bonchev–Trinajstić information content (AvgIpc) is 3.36. The number of hydrogen-bond donors (Lipinski definition) is 3. The molecular weight excluding hydrogens is 431 g/mol. The number of amides is 1. The highest BCUT2D eigenvalue weighted by atomic mass is 127. The predicted molar refractivity (Wildman–Crippen MR) is 113 cm³/mol. The Morgan fingerprint density at radius 2 is 2.12 bits per heavy atom. The van der Waals surface area contributed by atoms with Crippen LogP contribution in [0.1, 0.15) is 45.1 Å². The van der Waals surface area contributed by atoms with Crippen LogP contribution < -0.4 is 16.4 Å². The molecule has 0 heterocycles. The summed E-state index contributed by atoms with van der Waals surface area (Å²) in [6.07, 6.45) is 1.83. The number of nitrogens with one attached hydrogen (secondary N) is 2. The van der Waals surface area contributed by atoms with Crippen LogP contribution in [0.2, 0.25) is 0 Å². The van der Waals surface area contributed by atoms with Crippen LogP contribution in [-0.2, 0) is 4.74 Å². The maximum Gasteiger partial charge on any atom is 0.407 e. The van der Waals surface area contributed by atoms with Crippen LogP contribution in [0.15, 0.2) is 29.3 Å². The second-order valence-corrected chi connectivity index (χ2v) is 6.44. The van der Waals surface area contributed by atoms with Gasteiger partial charge in [-0.1, -0.05) is 26.0 Å². The average molecular weight is 460 g/mol. The van der Waals surface area contributed by atoms with E-state index in [-0.39, 0.29) is 36.1 Å². The summed E-state index contributed by atoms with van der Waals surface area (Å²) < 4.78 is 4.94. The van der Waals surface area contributed by atoms with Crippen molar-refractivity contribution < 1.29 is 9.53 Å². The molecule has 6 nitrogen and oxygen atoms in total. The van der Waals surface area contributed by atoms with Crippen molar-refractivity contribution in [2.45, 2.75) is 45.6 Å². The molecule has 1 aromatic rings. The number of nitrogens with zero attached hydrogens (tertiary/aromatic N) is 1. The number of nitrogens with two attached hydrogens (primary N) is 1. The molecule has 0 bridgehead atoms. The van der Waals surface area contributed by atoms with Crippen molar-refractivity contribution in [2.24, 2.45) is 16.6 Å². The number of aliphatic imine (C=N–C) groups is 1. The van der Waals surface area contributed by atoms with Crippen molar-refractivity contribution in [2.75, 3.05) is 18.5 Å². The summed E-state index contributed by atoms with van der Waals surface area (Å²) in [7, 11) is 0. The molecule has 0 radical (unpaired) electrons. The molecular formula is C18H29IN4O2. The van der Waals surface area contributed by atoms with Crippen molar-refractivity contribution in [1.29, 1.82) is 0 Å². The number of guanidine groups is 1. The largest absolute Gasteiger partial charge is 0.450 e. The van der Waals surface area contributed by atoms with E-state index in [1.54, 1.807) is 6.92 Å². The number of benzene rings is 1. The van der Waals surface area contributed by atoms with Gasteiger partial charge in [0.05, 0.1) is 19.2 Å². The van der Waals surface area contributed by atoms with Gasteiger partial charge in [-0.2, -0.15) is 0 Å². The minimum absolute atomic E-state index is 0. The SMILES string of the molecule is CCOC(=O)NC(CN=C(N)Nc1cccc(C(C)C)c1)C1CC1.I. The summed E-state index contributed by atoms with van der Waals surface area (Å²) in [5, 5.41) is 5.99. The van der Waals surface area contributed by atoms with Crippen molar-refractivity contribution in [3.8, 4) is 0 Å². The molecule has 1 aliphatic carbocycles. The van der Waals surface area contributed by atoms with E-state index in [1.165, 1.54) is 5.56 Å². The first-order chi connectivity index (χ1) is 11.5. The monoisotopic (exact) mass is 460 g/mol. The third-order valence-corrected chi connectivity index (χ3v) is 4.05. The number of anilines is 1. The van der Waals surface area contributed by atoms with Crippen LogP contribution in [0.5, 0.6) is 0 Å². The fourth-order valence-electron chi connectivity index (χ4n) is 2.49. The van der Waals surface area contributed by atoms with Crippen molar-refractivity contribution >= 4 is 41.7 Å². The molecule has 7 heteroatoms. The Morgan fingerprint density at radius 3 is 2.72 bits per heavy atom. The van der Waals surface area contributed by atoms with Gasteiger partial charge in [0, 0.05) is 5.69 Å². The van der Waals surface area contributed by atoms with Crippen LogP contribution in [-0.4, -0.2) is 31.2 Å². The molecule has 0 spiro atoms. The molecule has 0 aliphatic heterocycles. The quantitative estimate of drug-likeness (QED) is 0.329. The van der Waals surface area contributed by atoms with Crippen molar-refractivity contribution in [3.05, 3.63) is 29.8 Å². The zero-order chi connectivity index (χ0) is 17.5. The number of rotatable bonds is 7. The smallest absolute Gasteiger partial charge is 0.407 e. The first-order valence-corrected chi connectivity index (χ1v) is 8.59. The lowest BCUT2D eigenvalue weighted by Gasteiger charge is -2.16. The van der Waals surface area contributed by atoms with E-state index in [2.05, 4.69) is 41.6 Å². The number of carbonyl (C=O) groups excluding carboxylic acids is 1. The molecule has 1 fully saturated rings. The highest BCUT2D eigenvalue weighted by molar-refractivity contribution is 14.0. The molecule has 1 unspecified atom stereocenters. The minimum atomic E-state index is -0.388. The van der Waals surface area contributed by atoms with E-state index in [0.717, 1.165) is 18.5 Å². The second-order valence-electron chi connectivity index (χ2n) is 6.44. The van der Waals surface area contributed by atoms with Crippen LogP contribution >= 0.6 is 24.0 Å². The van der Waals surface area contributed by atoms with Crippen LogP contribution in [0.25, 0.3) is 0 Å². The zero-order valence-electron chi connectivity index (χ0n) is 15.1. The molecule has 1 atom stereocenters. The van der Waals surface area contributed by atoms with E-state index >= 15 is 0 Å². The Morgan fingerprint density at radius 1 is 1.40 bits per heavy atom. The van der Waals surface area contributed by atoms with Crippen molar-refractivity contribution in [1.82, 2.24) is 5.32 Å². The summed E-state index contributed by atoms with van der Waals surface area (Å²) >= 11 is 0. The van der Waals surface area contributed by atoms with Gasteiger partial charge in [0.2, 0.25) is 0 Å². The Kier molecular flexibility index (Phi) is 9.02. The maximum absolute atomic E-state index is 11.6. The Hall–Kier alpha value is -1.51. The summed E-state index contributed by atoms with van der Waals surface area (Å²) in [4.78, 5) is 16.0. The van der Waals surface area contributed by atoms with Gasteiger partial charge in [-0.15, -0.1) is 24.0 Å². The van der Waals surface area contributed by atoms with Gasteiger partial charge in [0.15, 0.2) is 5.96 Å². The van der Waals surface area contributed by atoms with E-state index in [0.29, 0.717) is 30.9 Å². The van der Waals surface area contributed by atoms with Gasteiger partial charge in [0.25, 0.3) is 0 Å². The van der Waals surface area contributed by atoms with E-state index in [4.69, 9.17) is 10.5 Å². The third kappa shape index (κ3) is 7.50. The topological polar surface area (TPSA) is 88.7 Å². The minimum Gasteiger partial charge on any atom is -0.450 e. The molecule has 1 aromatic carbocycles. The first-order valence-electron chi connectivity index (χ1n) is 8.59. The van der Waals surface area contributed by atoms with E-state index < -0.39 is 0 Å². The standard InChI is InChI=1S/C18H28N4O2.HI/c1-4-24-18(23)22-16(13-8-9-13)11-20-17(19)21-15-7-5-6-14(10-15)12(2)3;/h5-7,10,12-13,16H,4,8-9,11H2,1-3H3,(H,22,23)(H3,19,20,21);1H. The van der Waals surface area contributed by atoms with Crippen molar-refractivity contribution in [3.63, 3.8) is 0 Å². The highest BCUT2D eigenvalue weighted by Crippen LogP contribution is 2.32. The van der Waals surface area contributed by atoms with Crippen LogP contribution in [0, 0.1) is 5.92 Å². The number of alkyl carbamates (subject to hydrolysis) is 1. The Bertz CT molecular complexity index is 588. The van der Waals surface area contributed by atoms with Gasteiger partial charge >= 0.3 is 6.09 Å². The number of hydrogen-bond acceptors (Lipinski definition) is 3. The summed E-state index contributed by atoms with van der Waals surface area (Å²) in [5.74, 6) is 1.28. The predicted octanol–water partition coefficient (Wildman–Crippen LogP) is 3.68. The normalized spacial score (nSPS) is 15.3. The summed E-state index contributed by atoms with van der Waals surface area (Å²) in [5.41, 5.74) is 8.15. The maximum atomic E-state index is 11.6. The molecule has 25 heavy (non-hydrogen) atoms. The number of carbonyl (C=O) groups is 1. The molecule has 1 saturated carbocycles. The first kappa shape index (κ1) is 21.5.